The number of allylic oxidation sites excluding steroid dienone is 19. The highest BCUT2D eigenvalue weighted by molar-refractivity contribution is 5.88. The molecule has 0 amide bonds. The third-order valence-electron chi connectivity index (χ3n) is 10.8. The molecule has 266 valence electrons. The largest absolute Gasteiger partial charge is 0.324 e. The van der Waals surface area contributed by atoms with Gasteiger partial charge in [0, 0.05) is 5.92 Å². The molecule has 0 fully saturated rings. The van der Waals surface area contributed by atoms with E-state index in [4.69, 9.17) is 5.84 Å². The van der Waals surface area contributed by atoms with Crippen LogP contribution in [0.3, 0.4) is 0 Å². The molecular formula is C52H48N2. The summed E-state index contributed by atoms with van der Waals surface area (Å²) in [6.07, 6.45) is 35.6. The molecule has 0 aliphatic heterocycles. The van der Waals surface area contributed by atoms with Crippen molar-refractivity contribution >= 4 is 11.3 Å². The summed E-state index contributed by atoms with van der Waals surface area (Å²) in [5, 5.41) is 0. The second-order valence-electron chi connectivity index (χ2n) is 13.9. The molecule has 54 heavy (non-hydrogen) atoms. The van der Waals surface area contributed by atoms with Crippen LogP contribution in [-0.4, -0.2) is 0 Å². The van der Waals surface area contributed by atoms with Gasteiger partial charge in [0.1, 0.15) is 0 Å². The van der Waals surface area contributed by atoms with Gasteiger partial charge in [-0.05, 0) is 80.9 Å². The zero-order valence-corrected chi connectivity index (χ0v) is 30.8. The fraction of sp³-hybridized carbons (Fsp3) is 0.115. The van der Waals surface area contributed by atoms with Crippen LogP contribution < -0.4 is 11.3 Å². The summed E-state index contributed by atoms with van der Waals surface area (Å²) < 4.78 is 0. The first kappa shape index (κ1) is 36.2. The number of hydrazine groups is 1. The SMILES string of the molecule is C=CCC(/C=C\CCC1=C(C=C)C2(C3=C\C=C/C=C\C2=C\C=C/C=C\3)c2ccccc21)C(/C=C(\NN)c1ccc(-c2ccccc2)cc1)c1ccccc1. The first-order valence-corrected chi connectivity index (χ1v) is 18.9. The fourth-order valence-electron chi connectivity index (χ4n) is 8.36. The van der Waals surface area contributed by atoms with Gasteiger partial charge >= 0.3 is 0 Å². The molecule has 3 N–H and O–H groups in total. The van der Waals surface area contributed by atoms with Gasteiger partial charge in [0.25, 0.3) is 0 Å². The fourth-order valence-corrected chi connectivity index (χ4v) is 8.36. The minimum absolute atomic E-state index is 0.0688. The predicted molar refractivity (Wildman–Crippen MR) is 231 cm³/mol. The molecular weight excluding hydrogens is 653 g/mol. The summed E-state index contributed by atoms with van der Waals surface area (Å²) in [5.41, 5.74) is 15.9. The topological polar surface area (TPSA) is 38.0 Å². The molecule has 2 unspecified atom stereocenters. The monoisotopic (exact) mass is 700 g/mol. The Morgan fingerprint density at radius 3 is 1.98 bits per heavy atom. The van der Waals surface area contributed by atoms with E-state index >= 15 is 0 Å². The molecule has 0 aromatic heterocycles. The van der Waals surface area contributed by atoms with Crippen molar-refractivity contribution < 1.29 is 0 Å². The minimum atomic E-state index is -0.431. The maximum absolute atomic E-state index is 6.25. The maximum Gasteiger partial charge on any atom is 0.0710 e. The second-order valence-corrected chi connectivity index (χ2v) is 13.9. The van der Waals surface area contributed by atoms with Gasteiger partial charge in [-0.15, -0.1) is 6.58 Å². The highest BCUT2D eigenvalue weighted by atomic mass is 15.2. The van der Waals surface area contributed by atoms with E-state index < -0.39 is 5.41 Å². The normalized spacial score (nSPS) is 22.9. The summed E-state index contributed by atoms with van der Waals surface area (Å²) in [6.45, 7) is 8.60. The van der Waals surface area contributed by atoms with E-state index in [0.29, 0.717) is 0 Å². The Bertz CT molecular complexity index is 2210. The maximum atomic E-state index is 6.25. The highest BCUT2D eigenvalue weighted by Crippen LogP contribution is 2.57. The average Bonchev–Trinajstić information content (AvgIpc) is 3.50. The lowest BCUT2D eigenvalue weighted by Crippen LogP contribution is -2.30. The molecule has 4 aromatic rings. The second kappa shape index (κ2) is 17.1. The van der Waals surface area contributed by atoms with Crippen molar-refractivity contribution in [3.63, 3.8) is 0 Å². The van der Waals surface area contributed by atoms with Crippen LogP contribution in [0.4, 0.5) is 0 Å². The standard InChI is InChI=1S/C52H48N2/c1-3-21-41(48(42-24-11-6-12-25-42)38-51(54-53)43-36-34-40(35-37-43)39-22-9-5-10-23-39)26-17-18-31-46-47-32-19-20-33-50(47)52(49(46)4-2)44-27-13-7-14-28-45(52)30-16-8-15-29-44/h3-17,19-20,22-30,32-38,41,48,54H,1-2,18,21,31,53H2/b13-7-,14-7?,15-8?,16-8-,26-17-,27-13?,28-14-,29-15-,30-16?,44-27-,44-29?,45-28?,45-30-,51-38-. The molecule has 4 aromatic carbocycles. The molecule has 0 heterocycles. The summed E-state index contributed by atoms with van der Waals surface area (Å²) in [6, 6.07) is 38.7. The van der Waals surface area contributed by atoms with Gasteiger partial charge in [0.15, 0.2) is 0 Å². The third-order valence-corrected chi connectivity index (χ3v) is 10.8. The van der Waals surface area contributed by atoms with Gasteiger partial charge in [-0.3, -0.25) is 5.84 Å². The average molecular weight is 701 g/mol. The Morgan fingerprint density at radius 2 is 1.33 bits per heavy atom. The molecule has 3 aliphatic rings. The van der Waals surface area contributed by atoms with Crippen LogP contribution in [0.1, 0.15) is 47.4 Å². The lowest BCUT2D eigenvalue weighted by molar-refractivity contribution is 0.589. The number of nitrogens with one attached hydrogen (secondary N) is 1. The molecule has 1 spiro atoms. The number of benzene rings is 4. The highest BCUT2D eigenvalue weighted by Gasteiger charge is 2.47. The minimum Gasteiger partial charge on any atom is -0.324 e. The van der Waals surface area contributed by atoms with Crippen LogP contribution in [0.15, 0.2) is 230 Å². The molecule has 0 radical (unpaired) electrons. The quantitative estimate of drug-likeness (QED) is 0.0828. The summed E-state index contributed by atoms with van der Waals surface area (Å²) in [5.74, 6) is 6.49. The van der Waals surface area contributed by atoms with Crippen molar-refractivity contribution in [1.82, 2.24) is 5.43 Å². The van der Waals surface area contributed by atoms with Crippen molar-refractivity contribution in [2.45, 2.75) is 30.6 Å². The van der Waals surface area contributed by atoms with Gasteiger partial charge in [-0.1, -0.05) is 207 Å². The van der Waals surface area contributed by atoms with Crippen molar-refractivity contribution in [2.75, 3.05) is 0 Å². The zero-order chi connectivity index (χ0) is 37.2. The number of nitrogens with two attached hydrogens (primary N) is 1. The number of hydrogen-bond acceptors (Lipinski definition) is 2. The molecule has 2 bridgehead atoms. The van der Waals surface area contributed by atoms with E-state index in [9.17, 15) is 0 Å². The first-order chi connectivity index (χ1) is 26.7. The Balaban J connectivity index is 1.21. The van der Waals surface area contributed by atoms with Gasteiger partial charge in [0.05, 0.1) is 11.1 Å². The summed E-state index contributed by atoms with van der Waals surface area (Å²) in [7, 11) is 0. The van der Waals surface area contributed by atoms with Crippen LogP contribution in [-0.2, 0) is 5.41 Å². The molecule has 0 saturated heterocycles. The molecule has 2 atom stereocenters. The van der Waals surface area contributed by atoms with E-state index in [-0.39, 0.29) is 11.8 Å². The number of rotatable bonds is 13. The first-order valence-electron chi connectivity index (χ1n) is 18.9. The van der Waals surface area contributed by atoms with E-state index in [0.717, 1.165) is 30.5 Å². The van der Waals surface area contributed by atoms with Crippen LogP contribution in [0, 0.1) is 5.92 Å². The lowest BCUT2D eigenvalue weighted by atomic mass is 9.64. The summed E-state index contributed by atoms with van der Waals surface area (Å²) >= 11 is 0. The van der Waals surface area contributed by atoms with Crippen LogP contribution in [0.5, 0.6) is 0 Å². The Hall–Kier alpha value is -6.22. The van der Waals surface area contributed by atoms with Crippen LogP contribution in [0.2, 0.25) is 0 Å². The van der Waals surface area contributed by atoms with Crippen molar-refractivity contribution in [1.29, 1.82) is 0 Å². The molecule has 3 aliphatic carbocycles. The predicted octanol–water partition coefficient (Wildman–Crippen LogP) is 12.5. The van der Waals surface area contributed by atoms with Crippen molar-refractivity contribution in [3.05, 3.63) is 252 Å². The molecule has 2 heteroatoms. The van der Waals surface area contributed by atoms with E-state index in [2.05, 4.69) is 207 Å². The van der Waals surface area contributed by atoms with E-state index in [1.54, 1.807) is 0 Å². The van der Waals surface area contributed by atoms with Gasteiger partial charge in [-0.2, -0.15) is 0 Å². The number of fused-ring (bicyclic) bond motifs is 1. The van der Waals surface area contributed by atoms with Gasteiger partial charge in [-0.25, -0.2) is 0 Å². The lowest BCUT2D eigenvalue weighted by Gasteiger charge is -2.37. The van der Waals surface area contributed by atoms with Crippen LogP contribution in [0.25, 0.3) is 22.4 Å². The third kappa shape index (κ3) is 7.22. The Labute approximate surface area is 321 Å². The van der Waals surface area contributed by atoms with E-state index in [1.165, 1.54) is 50.1 Å². The number of hydrogen-bond donors (Lipinski definition) is 2. The Kier molecular flexibility index (Phi) is 11.4. The molecule has 2 nitrogen and oxygen atoms in total. The molecule has 0 saturated carbocycles. The van der Waals surface area contributed by atoms with Crippen molar-refractivity contribution in [2.24, 2.45) is 11.8 Å². The smallest absolute Gasteiger partial charge is 0.0710 e. The Morgan fingerprint density at radius 1 is 0.704 bits per heavy atom. The van der Waals surface area contributed by atoms with Crippen molar-refractivity contribution in [3.8, 4) is 11.1 Å². The molecule has 7 rings (SSSR count). The van der Waals surface area contributed by atoms with Gasteiger partial charge in [0.2, 0.25) is 0 Å². The van der Waals surface area contributed by atoms with Crippen LogP contribution >= 0.6 is 0 Å². The van der Waals surface area contributed by atoms with Gasteiger partial charge < -0.3 is 5.43 Å². The van der Waals surface area contributed by atoms with E-state index in [1.807, 2.05) is 12.1 Å². The summed E-state index contributed by atoms with van der Waals surface area (Å²) in [4.78, 5) is 0. The zero-order valence-electron chi connectivity index (χ0n) is 30.8.